The Labute approximate surface area is 324 Å². The van der Waals surface area contributed by atoms with Crippen LogP contribution >= 0.6 is 0 Å². The molecule has 0 radical (unpaired) electrons. The Bertz CT molecular complexity index is 3140. The molecule has 7 aromatic carbocycles. The molecular formula is C52H32N4. The zero-order valence-corrected chi connectivity index (χ0v) is 30.3. The van der Waals surface area contributed by atoms with Gasteiger partial charge >= 0.3 is 0 Å². The fourth-order valence-corrected chi connectivity index (χ4v) is 9.63. The topological polar surface area (TPSA) is 43.6 Å². The van der Waals surface area contributed by atoms with E-state index >= 15 is 0 Å². The lowest BCUT2D eigenvalue weighted by atomic mass is 9.65. The molecule has 0 amide bonds. The largest absolute Gasteiger partial charge is 0.309 e. The summed E-state index contributed by atoms with van der Waals surface area (Å²) in [4.78, 5) is 15.1. The average Bonchev–Trinajstić information content (AvgIpc) is 3.77. The average molecular weight is 713 g/mol. The summed E-state index contributed by atoms with van der Waals surface area (Å²) < 4.78 is 2.50. The van der Waals surface area contributed by atoms with Gasteiger partial charge in [-0.25, -0.2) is 9.97 Å². The highest BCUT2D eigenvalue weighted by atomic mass is 15.0. The van der Waals surface area contributed by atoms with Crippen molar-refractivity contribution in [2.45, 2.75) is 5.41 Å². The standard InChI is InChI=1S/C52H32N4/c1-2-15-33(16-3-1)46-32-47(45-25-12-13-30-53-45)55-51(54-46)40-20-5-4-17-35(40)34-28-29-37-36-18-6-8-22-41(36)52(44(37)31-34)42-23-9-11-27-49(42)56-48-26-10-7-19-38(48)39-21-14-24-43(52)50(39)56/h1-32H. The monoisotopic (exact) mass is 712 g/mol. The highest BCUT2D eigenvalue weighted by Crippen LogP contribution is 2.61. The molecule has 4 heterocycles. The van der Waals surface area contributed by atoms with Crippen molar-refractivity contribution in [3.63, 3.8) is 0 Å². The van der Waals surface area contributed by atoms with E-state index in [0.29, 0.717) is 5.82 Å². The van der Waals surface area contributed by atoms with E-state index < -0.39 is 5.41 Å². The van der Waals surface area contributed by atoms with Gasteiger partial charge in [0, 0.05) is 28.1 Å². The van der Waals surface area contributed by atoms with Crippen molar-refractivity contribution in [1.29, 1.82) is 0 Å². The molecule has 56 heavy (non-hydrogen) atoms. The molecule has 1 spiro atoms. The minimum atomic E-state index is -0.534. The van der Waals surface area contributed by atoms with Crippen molar-refractivity contribution < 1.29 is 0 Å². The Morgan fingerprint density at radius 2 is 1.07 bits per heavy atom. The molecule has 3 aromatic heterocycles. The van der Waals surface area contributed by atoms with E-state index in [9.17, 15) is 0 Å². The molecule has 12 rings (SSSR count). The van der Waals surface area contributed by atoms with Crippen molar-refractivity contribution in [3.8, 4) is 62.0 Å². The lowest BCUT2D eigenvalue weighted by Gasteiger charge is -2.39. The van der Waals surface area contributed by atoms with Gasteiger partial charge in [-0.3, -0.25) is 4.98 Å². The molecule has 4 nitrogen and oxygen atoms in total. The third-order valence-electron chi connectivity index (χ3n) is 11.9. The smallest absolute Gasteiger partial charge is 0.161 e. The lowest BCUT2D eigenvalue weighted by Crippen LogP contribution is -2.33. The molecule has 0 fully saturated rings. The highest BCUT2D eigenvalue weighted by Gasteiger charge is 2.50. The number of para-hydroxylation sites is 3. The lowest BCUT2D eigenvalue weighted by molar-refractivity contribution is 0.749. The van der Waals surface area contributed by atoms with Crippen LogP contribution in [0, 0.1) is 0 Å². The van der Waals surface area contributed by atoms with Crippen molar-refractivity contribution in [3.05, 3.63) is 217 Å². The van der Waals surface area contributed by atoms with Gasteiger partial charge < -0.3 is 4.57 Å². The SMILES string of the molecule is c1ccc(-c2cc(-c3ccccn3)nc(-c3ccccc3-c3ccc4c(c3)C3(c5ccccc5-4)c4ccccc4-n4c5ccccc5c5cccc3c54)n2)cc1. The van der Waals surface area contributed by atoms with Gasteiger partial charge in [0.25, 0.3) is 0 Å². The van der Waals surface area contributed by atoms with Crippen LogP contribution in [0.5, 0.6) is 0 Å². The molecule has 0 saturated carbocycles. The molecule has 1 aliphatic carbocycles. The van der Waals surface area contributed by atoms with E-state index in [1.165, 1.54) is 60.9 Å². The van der Waals surface area contributed by atoms with Crippen molar-refractivity contribution >= 4 is 21.8 Å². The van der Waals surface area contributed by atoms with Crippen molar-refractivity contribution in [2.24, 2.45) is 0 Å². The summed E-state index contributed by atoms with van der Waals surface area (Å²) >= 11 is 0. The first kappa shape index (κ1) is 31.0. The predicted molar refractivity (Wildman–Crippen MR) is 227 cm³/mol. The number of hydrogen-bond acceptors (Lipinski definition) is 3. The van der Waals surface area contributed by atoms with Crippen molar-refractivity contribution in [2.75, 3.05) is 0 Å². The minimum absolute atomic E-state index is 0.534. The molecule has 260 valence electrons. The molecule has 0 bridgehead atoms. The van der Waals surface area contributed by atoms with E-state index in [1.807, 2.05) is 48.7 Å². The van der Waals surface area contributed by atoms with E-state index in [2.05, 4.69) is 155 Å². The van der Waals surface area contributed by atoms with Gasteiger partial charge in [0.15, 0.2) is 5.82 Å². The summed E-state index contributed by atoms with van der Waals surface area (Å²) in [5, 5.41) is 2.55. The van der Waals surface area contributed by atoms with Crippen LogP contribution < -0.4 is 0 Å². The van der Waals surface area contributed by atoms with E-state index in [-0.39, 0.29) is 0 Å². The quantitative estimate of drug-likeness (QED) is 0.182. The molecule has 1 atom stereocenters. The fourth-order valence-electron chi connectivity index (χ4n) is 9.63. The predicted octanol–water partition coefficient (Wildman–Crippen LogP) is 12.3. The van der Waals surface area contributed by atoms with Crippen LogP contribution in [0.4, 0.5) is 0 Å². The highest BCUT2D eigenvalue weighted by molar-refractivity contribution is 6.13. The van der Waals surface area contributed by atoms with Crippen LogP contribution in [0.25, 0.3) is 83.8 Å². The first-order valence-corrected chi connectivity index (χ1v) is 19.1. The molecule has 1 aliphatic heterocycles. The number of pyridine rings is 1. The minimum Gasteiger partial charge on any atom is -0.309 e. The van der Waals surface area contributed by atoms with Gasteiger partial charge in [0.1, 0.15) is 0 Å². The number of fused-ring (bicyclic) bond motifs is 12. The van der Waals surface area contributed by atoms with Crippen LogP contribution in [0.15, 0.2) is 194 Å². The van der Waals surface area contributed by atoms with E-state index in [4.69, 9.17) is 9.97 Å². The molecule has 0 N–H and O–H groups in total. The van der Waals surface area contributed by atoms with Gasteiger partial charge in [0.05, 0.1) is 39.2 Å². The second kappa shape index (κ2) is 11.8. The molecule has 0 saturated heterocycles. The second-order valence-electron chi connectivity index (χ2n) is 14.7. The summed E-state index contributed by atoms with van der Waals surface area (Å²) in [7, 11) is 0. The van der Waals surface area contributed by atoms with Gasteiger partial charge in [-0.15, -0.1) is 0 Å². The Balaban J connectivity index is 1.13. The Kier molecular flexibility index (Phi) is 6.52. The third-order valence-corrected chi connectivity index (χ3v) is 11.9. The summed E-state index contributed by atoms with van der Waals surface area (Å²) in [6, 6.07) is 67.7. The van der Waals surface area contributed by atoms with Crippen LogP contribution in [-0.4, -0.2) is 19.5 Å². The van der Waals surface area contributed by atoms with Gasteiger partial charge in [-0.05, 0) is 80.9 Å². The number of benzene rings is 7. The Morgan fingerprint density at radius 3 is 1.95 bits per heavy atom. The molecular weight excluding hydrogens is 681 g/mol. The molecule has 4 heteroatoms. The number of rotatable bonds is 4. The summed E-state index contributed by atoms with van der Waals surface area (Å²) in [6.07, 6.45) is 1.81. The maximum absolute atomic E-state index is 5.23. The van der Waals surface area contributed by atoms with Gasteiger partial charge in [-0.1, -0.05) is 152 Å². The zero-order chi connectivity index (χ0) is 36.8. The summed E-state index contributed by atoms with van der Waals surface area (Å²) in [5.74, 6) is 0.665. The maximum atomic E-state index is 5.23. The first-order chi connectivity index (χ1) is 27.8. The maximum Gasteiger partial charge on any atom is 0.161 e. The number of nitrogens with zero attached hydrogens (tertiary/aromatic N) is 4. The zero-order valence-electron chi connectivity index (χ0n) is 30.3. The Morgan fingerprint density at radius 1 is 0.393 bits per heavy atom. The van der Waals surface area contributed by atoms with Crippen LogP contribution in [0.3, 0.4) is 0 Å². The van der Waals surface area contributed by atoms with E-state index in [1.54, 1.807) is 0 Å². The Hall–Kier alpha value is -7.43. The molecule has 1 unspecified atom stereocenters. The molecule has 2 aliphatic rings. The van der Waals surface area contributed by atoms with Gasteiger partial charge in [-0.2, -0.15) is 0 Å². The first-order valence-electron chi connectivity index (χ1n) is 19.1. The van der Waals surface area contributed by atoms with Crippen LogP contribution in [0.2, 0.25) is 0 Å². The van der Waals surface area contributed by atoms with E-state index in [0.717, 1.165) is 39.3 Å². The second-order valence-corrected chi connectivity index (χ2v) is 14.7. The summed E-state index contributed by atoms with van der Waals surface area (Å²) in [6.45, 7) is 0. The number of hydrogen-bond donors (Lipinski definition) is 0. The van der Waals surface area contributed by atoms with Crippen molar-refractivity contribution in [1.82, 2.24) is 19.5 Å². The fraction of sp³-hybridized carbons (Fsp3) is 0.0192. The third kappa shape index (κ3) is 4.21. The van der Waals surface area contributed by atoms with Crippen LogP contribution in [-0.2, 0) is 5.41 Å². The summed E-state index contributed by atoms with van der Waals surface area (Å²) in [5.41, 5.74) is 17.6. The number of aromatic nitrogens is 4. The molecule has 10 aromatic rings. The normalized spacial score (nSPS) is 14.9. The van der Waals surface area contributed by atoms with Crippen LogP contribution in [0.1, 0.15) is 22.3 Å². The van der Waals surface area contributed by atoms with Gasteiger partial charge in [0.2, 0.25) is 0 Å².